The Hall–Kier alpha value is -1.76. The summed E-state index contributed by atoms with van der Waals surface area (Å²) < 4.78 is 37.3. The van der Waals surface area contributed by atoms with Crippen LogP contribution in [0.3, 0.4) is 0 Å². The molecule has 1 rings (SSSR count). The van der Waals surface area contributed by atoms with Crippen LogP contribution in [0.2, 0.25) is 0 Å². The molecular formula is C11H13F3N2O2. The van der Waals surface area contributed by atoms with Crippen molar-refractivity contribution in [2.45, 2.75) is 18.6 Å². The van der Waals surface area contributed by atoms with E-state index in [-0.39, 0.29) is 13.0 Å². The van der Waals surface area contributed by atoms with Crippen LogP contribution in [0.1, 0.15) is 11.1 Å². The molecule has 18 heavy (non-hydrogen) atoms. The van der Waals surface area contributed by atoms with Gasteiger partial charge in [0.05, 0.1) is 5.56 Å². The van der Waals surface area contributed by atoms with E-state index in [1.54, 1.807) is 0 Å². The van der Waals surface area contributed by atoms with Crippen molar-refractivity contribution in [3.8, 4) is 0 Å². The summed E-state index contributed by atoms with van der Waals surface area (Å²) in [6.45, 7) is -0.00835. The van der Waals surface area contributed by atoms with Gasteiger partial charge < -0.3 is 16.2 Å². The topological polar surface area (TPSA) is 75.3 Å². The van der Waals surface area contributed by atoms with Gasteiger partial charge in [-0.05, 0) is 18.1 Å². The number of hydrogen-bond donors (Lipinski definition) is 3. The van der Waals surface area contributed by atoms with Gasteiger partial charge in [0.15, 0.2) is 0 Å². The second-order valence-electron chi connectivity index (χ2n) is 3.85. The van der Waals surface area contributed by atoms with Crippen molar-refractivity contribution >= 4 is 6.09 Å². The third kappa shape index (κ3) is 4.62. The number of nitrogens with two attached hydrogens (primary N) is 1. The predicted octanol–water partition coefficient (Wildman–Crippen LogP) is 1.84. The first-order valence-electron chi connectivity index (χ1n) is 5.17. The highest BCUT2D eigenvalue weighted by atomic mass is 19.4. The summed E-state index contributed by atoms with van der Waals surface area (Å²) in [5.74, 6) is 0. The van der Waals surface area contributed by atoms with Crippen molar-refractivity contribution in [3.63, 3.8) is 0 Å². The molecule has 0 aliphatic heterocycles. The van der Waals surface area contributed by atoms with E-state index in [0.717, 1.165) is 12.1 Å². The van der Waals surface area contributed by atoms with Gasteiger partial charge in [-0.1, -0.05) is 18.2 Å². The van der Waals surface area contributed by atoms with Crippen molar-refractivity contribution in [1.29, 1.82) is 0 Å². The summed E-state index contributed by atoms with van der Waals surface area (Å²) in [7, 11) is 0. The van der Waals surface area contributed by atoms with Gasteiger partial charge in [0.1, 0.15) is 0 Å². The molecule has 1 atom stereocenters. The van der Waals surface area contributed by atoms with Gasteiger partial charge in [-0.3, -0.25) is 0 Å². The van der Waals surface area contributed by atoms with Gasteiger partial charge in [-0.15, -0.1) is 0 Å². The molecule has 0 aliphatic rings. The minimum atomic E-state index is -4.39. The molecule has 1 unspecified atom stereocenters. The number of alkyl halides is 3. The largest absolute Gasteiger partial charge is 0.465 e. The smallest absolute Gasteiger partial charge is 0.416 e. The first kappa shape index (κ1) is 14.3. The van der Waals surface area contributed by atoms with Crippen molar-refractivity contribution in [1.82, 2.24) is 5.32 Å². The van der Waals surface area contributed by atoms with E-state index in [2.05, 4.69) is 5.32 Å². The molecule has 0 heterocycles. The fourth-order valence-electron chi connectivity index (χ4n) is 1.47. The van der Waals surface area contributed by atoms with Gasteiger partial charge in [0.25, 0.3) is 0 Å². The van der Waals surface area contributed by atoms with Gasteiger partial charge >= 0.3 is 12.3 Å². The summed E-state index contributed by atoms with van der Waals surface area (Å²) in [5.41, 5.74) is 5.29. The predicted molar refractivity (Wildman–Crippen MR) is 59.2 cm³/mol. The summed E-state index contributed by atoms with van der Waals surface area (Å²) in [5, 5.41) is 10.4. The lowest BCUT2D eigenvalue weighted by Crippen LogP contribution is -2.37. The molecule has 4 N–H and O–H groups in total. The van der Waals surface area contributed by atoms with Gasteiger partial charge in [0.2, 0.25) is 0 Å². The van der Waals surface area contributed by atoms with Crippen LogP contribution in [-0.4, -0.2) is 23.8 Å². The molecule has 1 aromatic carbocycles. The molecule has 0 saturated carbocycles. The quantitative estimate of drug-likeness (QED) is 0.775. The number of halogens is 3. The Morgan fingerprint density at radius 2 is 2.11 bits per heavy atom. The number of nitrogens with one attached hydrogen (secondary N) is 1. The lowest BCUT2D eigenvalue weighted by molar-refractivity contribution is -0.137. The first-order valence-corrected chi connectivity index (χ1v) is 5.17. The van der Waals surface area contributed by atoms with E-state index in [4.69, 9.17) is 10.8 Å². The SMILES string of the molecule is NC(CNC(=O)O)Cc1cccc(C(F)(F)F)c1. The second kappa shape index (κ2) is 5.72. The minimum absolute atomic E-state index is 0.00835. The maximum Gasteiger partial charge on any atom is 0.416 e. The maximum absolute atomic E-state index is 12.4. The molecule has 0 saturated heterocycles. The normalized spacial score (nSPS) is 13.1. The number of amides is 1. The highest BCUT2D eigenvalue weighted by molar-refractivity contribution is 5.64. The Kier molecular flexibility index (Phi) is 4.55. The lowest BCUT2D eigenvalue weighted by Gasteiger charge is -2.13. The maximum atomic E-state index is 12.4. The zero-order chi connectivity index (χ0) is 13.8. The van der Waals surface area contributed by atoms with Crippen molar-refractivity contribution in [2.24, 2.45) is 5.73 Å². The molecule has 100 valence electrons. The van der Waals surface area contributed by atoms with Gasteiger partial charge in [0, 0.05) is 12.6 Å². The zero-order valence-corrected chi connectivity index (χ0v) is 9.37. The summed E-state index contributed by atoms with van der Waals surface area (Å²) in [6, 6.07) is 4.25. The van der Waals surface area contributed by atoms with Crippen LogP contribution in [0, 0.1) is 0 Å². The van der Waals surface area contributed by atoms with Crippen LogP contribution in [0.4, 0.5) is 18.0 Å². The highest BCUT2D eigenvalue weighted by Gasteiger charge is 2.30. The minimum Gasteiger partial charge on any atom is -0.465 e. The standard InChI is InChI=1S/C11H13F3N2O2/c12-11(13,14)8-3-1-2-7(4-8)5-9(15)6-16-10(17)18/h1-4,9,16H,5-6,15H2,(H,17,18). The van der Waals surface area contributed by atoms with Crippen molar-refractivity contribution in [3.05, 3.63) is 35.4 Å². The van der Waals surface area contributed by atoms with E-state index in [0.29, 0.717) is 5.56 Å². The Balaban J connectivity index is 2.65. The van der Waals surface area contributed by atoms with E-state index >= 15 is 0 Å². The Labute approximate surface area is 102 Å². The van der Waals surface area contributed by atoms with Crippen molar-refractivity contribution < 1.29 is 23.1 Å². The van der Waals surface area contributed by atoms with E-state index in [1.165, 1.54) is 12.1 Å². The number of hydrogen-bond acceptors (Lipinski definition) is 2. The average Bonchev–Trinajstić information content (AvgIpc) is 2.25. The average molecular weight is 262 g/mol. The summed E-state index contributed by atoms with van der Waals surface area (Å²) in [4.78, 5) is 10.2. The molecular weight excluding hydrogens is 249 g/mol. The lowest BCUT2D eigenvalue weighted by atomic mass is 10.0. The van der Waals surface area contributed by atoms with Crippen molar-refractivity contribution in [2.75, 3.05) is 6.54 Å². The molecule has 4 nitrogen and oxygen atoms in total. The molecule has 1 aromatic rings. The summed E-state index contributed by atoms with van der Waals surface area (Å²) in [6.07, 6.45) is -5.43. The monoisotopic (exact) mass is 262 g/mol. The zero-order valence-electron chi connectivity index (χ0n) is 9.37. The van der Waals surface area contributed by atoms with Gasteiger partial charge in [-0.25, -0.2) is 4.79 Å². The van der Waals surface area contributed by atoms with E-state index < -0.39 is 23.9 Å². The number of carboxylic acid groups (broad SMARTS) is 1. The van der Waals surface area contributed by atoms with Gasteiger partial charge in [-0.2, -0.15) is 13.2 Å². The van der Waals surface area contributed by atoms with E-state index in [9.17, 15) is 18.0 Å². The number of rotatable bonds is 4. The van der Waals surface area contributed by atoms with E-state index in [1.807, 2.05) is 0 Å². The number of benzene rings is 1. The van der Waals surface area contributed by atoms with Crippen LogP contribution >= 0.6 is 0 Å². The molecule has 1 amide bonds. The fourth-order valence-corrected chi connectivity index (χ4v) is 1.47. The number of carbonyl (C=O) groups is 1. The van der Waals surface area contributed by atoms with Crippen LogP contribution < -0.4 is 11.1 Å². The Morgan fingerprint density at radius 1 is 1.44 bits per heavy atom. The van der Waals surface area contributed by atoms with Crippen LogP contribution in [0.5, 0.6) is 0 Å². The molecule has 0 spiro atoms. The highest BCUT2D eigenvalue weighted by Crippen LogP contribution is 2.29. The van der Waals surface area contributed by atoms with Crippen LogP contribution in [0.25, 0.3) is 0 Å². The molecule has 0 bridgehead atoms. The third-order valence-electron chi connectivity index (χ3n) is 2.27. The Bertz CT molecular complexity index is 421. The summed E-state index contributed by atoms with van der Waals surface area (Å²) >= 11 is 0. The van der Waals surface area contributed by atoms with Crippen LogP contribution in [0.15, 0.2) is 24.3 Å². The molecule has 7 heteroatoms. The second-order valence-corrected chi connectivity index (χ2v) is 3.85. The first-order chi connectivity index (χ1) is 8.29. The molecule has 0 fully saturated rings. The molecule has 0 aromatic heterocycles. The molecule has 0 aliphatic carbocycles. The molecule has 0 radical (unpaired) electrons. The Morgan fingerprint density at radius 3 is 2.67 bits per heavy atom. The fraction of sp³-hybridized carbons (Fsp3) is 0.364. The van der Waals surface area contributed by atoms with Crippen LogP contribution in [-0.2, 0) is 12.6 Å². The third-order valence-corrected chi connectivity index (χ3v) is 2.27.